The van der Waals surface area contributed by atoms with Crippen LogP contribution in [0.25, 0.3) is 0 Å². The van der Waals surface area contributed by atoms with E-state index in [0.717, 1.165) is 12.8 Å². The minimum absolute atomic E-state index is 0.136. The molecular weight excluding hydrogens is 268 g/mol. The Balaban J connectivity index is 1.71. The molecule has 1 aliphatic carbocycles. The summed E-state index contributed by atoms with van der Waals surface area (Å²) in [7, 11) is 0. The van der Waals surface area contributed by atoms with Crippen molar-refractivity contribution in [3.8, 4) is 0 Å². The molecule has 0 saturated heterocycles. The molecule has 1 unspecified atom stereocenters. The van der Waals surface area contributed by atoms with Gasteiger partial charge in [-0.2, -0.15) is 0 Å². The molecule has 0 aliphatic heterocycles. The number of carbonyl (C=O) groups excluding carboxylic acids is 1. The van der Waals surface area contributed by atoms with E-state index in [1.807, 2.05) is 0 Å². The second-order valence-corrected chi connectivity index (χ2v) is 7.13. The molecule has 1 aromatic heterocycles. The molecule has 1 aliphatic rings. The Morgan fingerprint density at radius 3 is 2.60 bits per heavy atom. The van der Waals surface area contributed by atoms with Crippen LogP contribution in [0.3, 0.4) is 0 Å². The molecule has 1 atom stereocenters. The van der Waals surface area contributed by atoms with Crippen molar-refractivity contribution in [2.75, 3.05) is 6.54 Å². The second-order valence-electron chi connectivity index (χ2n) is 5.81. The van der Waals surface area contributed by atoms with Crippen LogP contribution in [0.4, 0.5) is 0 Å². The number of hydrogen-bond donors (Lipinski definition) is 2. The summed E-state index contributed by atoms with van der Waals surface area (Å²) in [6, 6.07) is 4.91. The lowest BCUT2D eigenvalue weighted by atomic mass is 10.1. The highest BCUT2D eigenvalue weighted by Gasteiger charge is 2.15. The Labute approximate surface area is 126 Å². The smallest absolute Gasteiger partial charge is 0.234 e. The summed E-state index contributed by atoms with van der Waals surface area (Å²) in [5.74, 6) is 0.136. The van der Waals surface area contributed by atoms with Crippen LogP contribution in [0.1, 0.15) is 61.2 Å². The fourth-order valence-electron chi connectivity index (χ4n) is 2.73. The molecule has 1 fully saturated rings. The van der Waals surface area contributed by atoms with Crippen molar-refractivity contribution in [3.63, 3.8) is 0 Å². The normalized spacial score (nSPS) is 18.5. The standard InChI is InChI=1S/C16H26N2OS/c1-12-9-10-15(20-12)13(2)17-11-16(19)18-14-7-5-3-4-6-8-14/h9-10,13-14,17H,3-8,11H2,1-2H3,(H,18,19). The van der Waals surface area contributed by atoms with Crippen LogP contribution < -0.4 is 10.6 Å². The van der Waals surface area contributed by atoms with E-state index < -0.39 is 0 Å². The molecule has 0 bridgehead atoms. The van der Waals surface area contributed by atoms with Crippen LogP contribution in [0.2, 0.25) is 0 Å². The number of nitrogens with one attached hydrogen (secondary N) is 2. The highest BCUT2D eigenvalue weighted by Crippen LogP contribution is 2.22. The quantitative estimate of drug-likeness (QED) is 0.816. The average molecular weight is 294 g/mol. The SMILES string of the molecule is Cc1ccc(C(C)NCC(=O)NC2CCCCCC2)s1. The van der Waals surface area contributed by atoms with E-state index in [1.165, 1.54) is 35.4 Å². The first kappa shape index (κ1) is 15.5. The molecule has 2 N–H and O–H groups in total. The van der Waals surface area contributed by atoms with E-state index in [-0.39, 0.29) is 11.9 Å². The summed E-state index contributed by atoms with van der Waals surface area (Å²) in [5.41, 5.74) is 0. The van der Waals surface area contributed by atoms with Crippen LogP contribution >= 0.6 is 11.3 Å². The van der Waals surface area contributed by atoms with Gasteiger partial charge in [-0.15, -0.1) is 11.3 Å². The molecule has 20 heavy (non-hydrogen) atoms. The fraction of sp³-hybridized carbons (Fsp3) is 0.688. The van der Waals surface area contributed by atoms with E-state index in [4.69, 9.17) is 0 Å². The third kappa shape index (κ3) is 4.91. The number of rotatable bonds is 5. The van der Waals surface area contributed by atoms with E-state index in [9.17, 15) is 4.79 Å². The summed E-state index contributed by atoms with van der Waals surface area (Å²) < 4.78 is 0. The average Bonchev–Trinajstić information content (AvgIpc) is 2.70. The van der Waals surface area contributed by atoms with Gasteiger partial charge in [-0.1, -0.05) is 25.7 Å². The Kier molecular flexibility index (Phi) is 6.05. The molecule has 1 aromatic rings. The Morgan fingerprint density at radius 1 is 1.30 bits per heavy atom. The van der Waals surface area contributed by atoms with Gasteiger partial charge < -0.3 is 10.6 Å². The van der Waals surface area contributed by atoms with Gasteiger partial charge in [0.1, 0.15) is 0 Å². The summed E-state index contributed by atoms with van der Waals surface area (Å²) in [6.45, 7) is 4.64. The molecule has 0 aromatic carbocycles. The van der Waals surface area contributed by atoms with Crippen molar-refractivity contribution in [2.24, 2.45) is 0 Å². The first-order valence-electron chi connectivity index (χ1n) is 7.74. The monoisotopic (exact) mass is 294 g/mol. The zero-order valence-electron chi connectivity index (χ0n) is 12.6. The predicted molar refractivity (Wildman–Crippen MR) is 85.1 cm³/mol. The zero-order valence-corrected chi connectivity index (χ0v) is 13.4. The van der Waals surface area contributed by atoms with Gasteiger partial charge in [0.05, 0.1) is 6.54 Å². The molecule has 112 valence electrons. The largest absolute Gasteiger partial charge is 0.352 e. The van der Waals surface area contributed by atoms with Crippen LogP contribution in [-0.4, -0.2) is 18.5 Å². The minimum Gasteiger partial charge on any atom is -0.352 e. The van der Waals surface area contributed by atoms with Gasteiger partial charge in [-0.3, -0.25) is 4.79 Å². The van der Waals surface area contributed by atoms with E-state index in [0.29, 0.717) is 12.6 Å². The molecule has 0 radical (unpaired) electrons. The third-order valence-electron chi connectivity index (χ3n) is 3.98. The fourth-order valence-corrected chi connectivity index (χ4v) is 3.64. The van der Waals surface area contributed by atoms with Crippen molar-refractivity contribution in [1.29, 1.82) is 0 Å². The second kappa shape index (κ2) is 7.79. The van der Waals surface area contributed by atoms with Crippen molar-refractivity contribution in [3.05, 3.63) is 21.9 Å². The maximum Gasteiger partial charge on any atom is 0.234 e. The van der Waals surface area contributed by atoms with Crippen LogP contribution in [0, 0.1) is 6.92 Å². The first-order valence-corrected chi connectivity index (χ1v) is 8.56. The molecule has 2 rings (SSSR count). The summed E-state index contributed by atoms with van der Waals surface area (Å²) >= 11 is 1.79. The van der Waals surface area contributed by atoms with E-state index >= 15 is 0 Å². The van der Waals surface area contributed by atoms with E-state index in [1.54, 1.807) is 11.3 Å². The van der Waals surface area contributed by atoms with Gasteiger partial charge in [0.15, 0.2) is 0 Å². The number of thiophene rings is 1. The highest BCUT2D eigenvalue weighted by atomic mass is 32.1. The van der Waals surface area contributed by atoms with Gasteiger partial charge in [0.2, 0.25) is 5.91 Å². The van der Waals surface area contributed by atoms with Crippen molar-refractivity contribution >= 4 is 17.2 Å². The number of carbonyl (C=O) groups is 1. The summed E-state index contributed by atoms with van der Waals surface area (Å²) in [6.07, 6.45) is 7.43. The van der Waals surface area contributed by atoms with Gasteiger partial charge in [0.25, 0.3) is 0 Å². The zero-order chi connectivity index (χ0) is 14.4. The van der Waals surface area contributed by atoms with Crippen LogP contribution in [0.5, 0.6) is 0 Å². The number of hydrogen-bond acceptors (Lipinski definition) is 3. The topological polar surface area (TPSA) is 41.1 Å². The lowest BCUT2D eigenvalue weighted by Crippen LogP contribution is -2.40. The Bertz CT molecular complexity index is 422. The van der Waals surface area contributed by atoms with Crippen molar-refractivity contribution in [2.45, 2.75) is 64.5 Å². The molecule has 0 spiro atoms. The van der Waals surface area contributed by atoms with Crippen LogP contribution in [0.15, 0.2) is 12.1 Å². The molecule has 3 nitrogen and oxygen atoms in total. The predicted octanol–water partition coefficient (Wildman–Crippen LogP) is 3.55. The molecular formula is C16H26N2OS. The number of aryl methyl sites for hydroxylation is 1. The van der Waals surface area contributed by atoms with E-state index in [2.05, 4.69) is 36.6 Å². The van der Waals surface area contributed by atoms with Gasteiger partial charge in [0, 0.05) is 21.8 Å². The van der Waals surface area contributed by atoms with Crippen molar-refractivity contribution in [1.82, 2.24) is 10.6 Å². The lowest BCUT2D eigenvalue weighted by molar-refractivity contribution is -0.121. The Morgan fingerprint density at radius 2 is 2.00 bits per heavy atom. The first-order chi connectivity index (χ1) is 9.65. The van der Waals surface area contributed by atoms with Gasteiger partial charge >= 0.3 is 0 Å². The van der Waals surface area contributed by atoms with Crippen molar-refractivity contribution < 1.29 is 4.79 Å². The Hall–Kier alpha value is -0.870. The maximum absolute atomic E-state index is 12.0. The third-order valence-corrected chi connectivity index (χ3v) is 5.16. The van der Waals surface area contributed by atoms with Gasteiger partial charge in [-0.25, -0.2) is 0 Å². The minimum atomic E-state index is 0.136. The molecule has 1 heterocycles. The molecule has 1 saturated carbocycles. The maximum atomic E-state index is 12.0. The lowest BCUT2D eigenvalue weighted by Gasteiger charge is -2.18. The number of amides is 1. The molecule has 1 amide bonds. The van der Waals surface area contributed by atoms with Crippen LogP contribution in [-0.2, 0) is 4.79 Å². The highest BCUT2D eigenvalue weighted by molar-refractivity contribution is 7.12. The van der Waals surface area contributed by atoms with Gasteiger partial charge in [-0.05, 0) is 38.8 Å². The molecule has 4 heteroatoms. The summed E-state index contributed by atoms with van der Waals surface area (Å²) in [4.78, 5) is 14.6. The summed E-state index contributed by atoms with van der Waals surface area (Å²) in [5, 5.41) is 6.49.